The third-order valence-corrected chi connectivity index (χ3v) is 5.29. The number of amides is 2. The van der Waals surface area contributed by atoms with Gasteiger partial charge in [0, 0.05) is 28.5 Å². The summed E-state index contributed by atoms with van der Waals surface area (Å²) >= 11 is 0. The fraction of sp³-hybridized carbons (Fsp3) is 0.154. The molecule has 2 aromatic carbocycles. The van der Waals surface area contributed by atoms with E-state index in [1.807, 2.05) is 12.1 Å². The molecule has 9 heteroatoms. The van der Waals surface area contributed by atoms with Gasteiger partial charge in [0.25, 0.3) is 5.91 Å². The lowest BCUT2D eigenvalue weighted by Gasteiger charge is -2.13. The molecule has 178 valence electrons. The number of aromatic amines is 1. The summed E-state index contributed by atoms with van der Waals surface area (Å²) in [5.41, 5.74) is 9.59. The predicted octanol–water partition coefficient (Wildman–Crippen LogP) is 3.50. The van der Waals surface area contributed by atoms with Gasteiger partial charge in [0.1, 0.15) is 11.4 Å². The van der Waals surface area contributed by atoms with Gasteiger partial charge >= 0.3 is 5.97 Å². The summed E-state index contributed by atoms with van der Waals surface area (Å²) < 4.78 is 5.01. The van der Waals surface area contributed by atoms with Gasteiger partial charge in [-0.3, -0.25) is 14.6 Å². The lowest BCUT2D eigenvalue weighted by molar-refractivity contribution is -0.117. The van der Waals surface area contributed by atoms with Gasteiger partial charge in [0.2, 0.25) is 5.91 Å². The molecule has 0 fully saturated rings. The van der Waals surface area contributed by atoms with Gasteiger partial charge in [0.15, 0.2) is 0 Å². The Hall–Kier alpha value is -4.50. The number of nitrogens with zero attached hydrogens (tertiary/aromatic N) is 1. The predicted molar refractivity (Wildman–Crippen MR) is 133 cm³/mol. The smallest absolute Gasteiger partial charge is 0.354 e. The molecule has 2 amide bonds. The Bertz CT molecular complexity index is 1350. The normalized spacial score (nSPS) is 11.6. The molecule has 1 atom stereocenters. The quantitative estimate of drug-likeness (QED) is 0.290. The number of fused-ring (bicyclic) bond motifs is 1. The highest BCUT2D eigenvalue weighted by Crippen LogP contribution is 2.21. The molecule has 0 aliphatic heterocycles. The molecule has 0 aliphatic carbocycles. The molecule has 1 unspecified atom stereocenters. The van der Waals surface area contributed by atoms with Gasteiger partial charge in [-0.2, -0.15) is 0 Å². The van der Waals surface area contributed by atoms with Crippen molar-refractivity contribution < 1.29 is 19.1 Å². The Balaban J connectivity index is 1.34. The number of rotatable bonds is 8. The van der Waals surface area contributed by atoms with Crippen molar-refractivity contribution in [3.05, 3.63) is 89.9 Å². The second-order valence-corrected chi connectivity index (χ2v) is 7.87. The Kier molecular flexibility index (Phi) is 7.18. The van der Waals surface area contributed by atoms with E-state index < -0.39 is 12.0 Å². The average molecular weight is 472 g/mol. The zero-order chi connectivity index (χ0) is 24.8. The molecule has 0 saturated carbocycles. The topological polar surface area (TPSA) is 139 Å². The van der Waals surface area contributed by atoms with E-state index in [1.54, 1.807) is 67.7 Å². The van der Waals surface area contributed by atoms with E-state index in [2.05, 4.69) is 20.6 Å². The molecule has 0 saturated heterocycles. The maximum absolute atomic E-state index is 12.6. The summed E-state index contributed by atoms with van der Waals surface area (Å²) in [5, 5.41) is 6.36. The van der Waals surface area contributed by atoms with Crippen molar-refractivity contribution in [2.24, 2.45) is 5.73 Å². The third-order valence-electron chi connectivity index (χ3n) is 5.29. The van der Waals surface area contributed by atoms with Crippen LogP contribution < -0.4 is 16.4 Å². The number of hydrogen-bond acceptors (Lipinski definition) is 6. The first-order valence-electron chi connectivity index (χ1n) is 11.1. The highest BCUT2D eigenvalue weighted by atomic mass is 16.5. The number of benzene rings is 2. The third kappa shape index (κ3) is 5.90. The molecule has 0 spiro atoms. The van der Waals surface area contributed by atoms with E-state index in [0.717, 1.165) is 16.5 Å². The van der Waals surface area contributed by atoms with E-state index in [-0.39, 0.29) is 18.4 Å². The number of aromatic nitrogens is 2. The minimum atomic E-state index is -0.777. The van der Waals surface area contributed by atoms with Crippen molar-refractivity contribution >= 4 is 40.1 Å². The maximum atomic E-state index is 12.6. The lowest BCUT2D eigenvalue weighted by Crippen LogP contribution is -2.37. The summed E-state index contributed by atoms with van der Waals surface area (Å²) in [4.78, 5) is 43.8. The maximum Gasteiger partial charge on any atom is 0.354 e. The Morgan fingerprint density at radius 2 is 1.77 bits per heavy atom. The number of carbonyl (C=O) groups is 3. The van der Waals surface area contributed by atoms with Crippen LogP contribution in [-0.4, -0.2) is 40.4 Å². The number of carbonyl (C=O) groups excluding carboxylic acids is 3. The van der Waals surface area contributed by atoms with E-state index >= 15 is 0 Å². The van der Waals surface area contributed by atoms with Crippen molar-refractivity contribution in [1.82, 2.24) is 9.97 Å². The molecule has 9 nitrogen and oxygen atoms in total. The highest BCUT2D eigenvalue weighted by Gasteiger charge is 2.16. The van der Waals surface area contributed by atoms with Crippen LogP contribution >= 0.6 is 0 Å². The van der Waals surface area contributed by atoms with E-state index in [1.165, 1.54) is 0 Å². The number of hydrogen-bond donors (Lipinski definition) is 4. The minimum Gasteiger partial charge on any atom is -0.461 e. The summed E-state index contributed by atoms with van der Waals surface area (Å²) in [7, 11) is 0. The fourth-order valence-electron chi connectivity index (χ4n) is 3.53. The van der Waals surface area contributed by atoms with Gasteiger partial charge < -0.3 is 26.1 Å². The summed E-state index contributed by atoms with van der Waals surface area (Å²) in [6, 6.07) is 18.4. The van der Waals surface area contributed by atoms with Crippen LogP contribution in [0, 0.1) is 0 Å². The largest absolute Gasteiger partial charge is 0.461 e. The van der Waals surface area contributed by atoms with Crippen molar-refractivity contribution in [3.8, 4) is 0 Å². The van der Waals surface area contributed by atoms with Gasteiger partial charge in [-0.1, -0.05) is 18.2 Å². The van der Waals surface area contributed by atoms with Crippen LogP contribution in [0.25, 0.3) is 10.9 Å². The number of ether oxygens (including phenoxy) is 1. The zero-order valence-electron chi connectivity index (χ0n) is 19.1. The Labute approximate surface area is 201 Å². The standard InChI is InChI=1S/C26H25N5O4/c1-2-35-26(34)23-15-17-14-19(10-11-21(17)31-23)30-24(32)20(27)13-16-6-8-18(9-7-16)29-25(33)22-5-3-4-12-28-22/h3-12,14-15,20,31H,2,13,27H2,1H3,(H,29,33)(H,30,32). The highest BCUT2D eigenvalue weighted by molar-refractivity contribution is 6.03. The second-order valence-electron chi connectivity index (χ2n) is 7.87. The van der Waals surface area contributed by atoms with E-state index in [0.29, 0.717) is 29.2 Å². The molecule has 0 bridgehead atoms. The molecule has 0 radical (unpaired) electrons. The first-order chi connectivity index (χ1) is 16.9. The minimum absolute atomic E-state index is 0.288. The average Bonchev–Trinajstić information content (AvgIpc) is 3.29. The van der Waals surface area contributed by atoms with Crippen LogP contribution in [-0.2, 0) is 16.0 Å². The molecule has 4 rings (SSSR count). The summed E-state index contributed by atoms with van der Waals surface area (Å²) in [6.45, 7) is 2.03. The van der Waals surface area contributed by atoms with Crippen molar-refractivity contribution in [3.63, 3.8) is 0 Å². The Morgan fingerprint density at radius 1 is 1.00 bits per heavy atom. The number of nitrogens with two attached hydrogens (primary N) is 1. The molecule has 5 N–H and O–H groups in total. The molecule has 2 aromatic heterocycles. The number of pyridine rings is 1. The SMILES string of the molecule is CCOC(=O)c1cc2cc(NC(=O)C(N)Cc3ccc(NC(=O)c4ccccn4)cc3)ccc2[nH]1. The van der Waals surface area contributed by atoms with Crippen molar-refractivity contribution in [1.29, 1.82) is 0 Å². The molecule has 35 heavy (non-hydrogen) atoms. The van der Waals surface area contributed by atoms with Crippen LogP contribution in [0.15, 0.2) is 72.9 Å². The van der Waals surface area contributed by atoms with Crippen molar-refractivity contribution in [2.45, 2.75) is 19.4 Å². The van der Waals surface area contributed by atoms with Gasteiger partial charge in [-0.05, 0) is 67.4 Å². The number of nitrogens with one attached hydrogen (secondary N) is 3. The second kappa shape index (κ2) is 10.6. The van der Waals surface area contributed by atoms with Gasteiger partial charge in [-0.25, -0.2) is 4.79 Å². The van der Waals surface area contributed by atoms with Crippen LogP contribution in [0.2, 0.25) is 0 Å². The van der Waals surface area contributed by atoms with Crippen LogP contribution in [0.4, 0.5) is 11.4 Å². The fourth-order valence-corrected chi connectivity index (χ4v) is 3.53. The van der Waals surface area contributed by atoms with Crippen molar-refractivity contribution in [2.75, 3.05) is 17.2 Å². The monoisotopic (exact) mass is 471 g/mol. The van der Waals surface area contributed by atoms with Crippen LogP contribution in [0.5, 0.6) is 0 Å². The number of esters is 1. The molecule has 2 heterocycles. The van der Waals surface area contributed by atoms with Crippen LogP contribution in [0.3, 0.4) is 0 Å². The van der Waals surface area contributed by atoms with Gasteiger partial charge in [0.05, 0.1) is 12.6 Å². The van der Waals surface area contributed by atoms with Crippen LogP contribution in [0.1, 0.15) is 33.5 Å². The first kappa shape index (κ1) is 23.7. The molecule has 4 aromatic rings. The molecular formula is C26H25N5O4. The lowest BCUT2D eigenvalue weighted by atomic mass is 10.1. The summed E-state index contributed by atoms with van der Waals surface area (Å²) in [5.74, 6) is -1.07. The molecular weight excluding hydrogens is 446 g/mol. The van der Waals surface area contributed by atoms with E-state index in [9.17, 15) is 14.4 Å². The first-order valence-corrected chi connectivity index (χ1v) is 11.1. The zero-order valence-corrected chi connectivity index (χ0v) is 19.1. The van der Waals surface area contributed by atoms with Gasteiger partial charge in [-0.15, -0.1) is 0 Å². The van der Waals surface area contributed by atoms with E-state index in [4.69, 9.17) is 10.5 Å². The number of H-pyrrole nitrogens is 1. The Morgan fingerprint density at radius 3 is 2.49 bits per heavy atom. The summed E-state index contributed by atoms with van der Waals surface area (Å²) in [6.07, 6.45) is 1.88. The number of anilines is 2. The molecule has 0 aliphatic rings.